The molecule has 6 heteroatoms. The second-order valence-corrected chi connectivity index (χ2v) is 15.8. The molecule has 1 aliphatic carbocycles. The monoisotopic (exact) mass is 748 g/mol. The van der Waals surface area contributed by atoms with Gasteiger partial charge in [-0.3, -0.25) is 0 Å². The van der Waals surface area contributed by atoms with Crippen LogP contribution in [0.3, 0.4) is 0 Å². The standard InChI is InChI=1S/C51H32N4OS/c1-3-12-31(13-4-1)33-16-11-17-36(28-33)55-41-20-9-7-19-39(41)47-42(55)26-27-43-48(47)40-25-23-34(29-44(40)56-43)50-52-49(32-14-5-2-6-15-32)53-51(54-50)35-22-24-38-37-18-8-10-21-45(37)57-46(38)30-35/h1-30,42,47H. The minimum atomic E-state index is 0.0965. The molecule has 0 bridgehead atoms. The fourth-order valence-electron chi connectivity index (χ4n) is 8.88. The topological polar surface area (TPSA) is 55.1 Å². The molecular formula is C51H32N4OS. The number of fused-ring (bicyclic) bond motifs is 10. The van der Waals surface area contributed by atoms with Crippen LogP contribution in [0.15, 0.2) is 180 Å². The summed E-state index contributed by atoms with van der Waals surface area (Å²) in [4.78, 5) is 17.7. The third-order valence-corrected chi connectivity index (χ3v) is 12.6. The molecule has 57 heavy (non-hydrogen) atoms. The third-order valence-electron chi connectivity index (χ3n) is 11.5. The zero-order valence-electron chi connectivity index (χ0n) is 30.6. The fraction of sp³-hybridized carbons (Fsp3) is 0.0392. The predicted molar refractivity (Wildman–Crippen MR) is 234 cm³/mol. The maximum Gasteiger partial charge on any atom is 0.164 e. The Labute approximate surface area is 332 Å². The van der Waals surface area contributed by atoms with Crippen LogP contribution in [0, 0.1) is 0 Å². The van der Waals surface area contributed by atoms with Gasteiger partial charge in [0, 0.05) is 65.1 Å². The van der Waals surface area contributed by atoms with Crippen LogP contribution in [0.1, 0.15) is 22.8 Å². The summed E-state index contributed by atoms with van der Waals surface area (Å²) < 4.78 is 9.21. The number of thiophene rings is 1. The Morgan fingerprint density at radius 2 is 1.14 bits per heavy atom. The Morgan fingerprint density at radius 1 is 0.491 bits per heavy atom. The molecule has 0 radical (unpaired) electrons. The van der Waals surface area contributed by atoms with Gasteiger partial charge in [0.1, 0.15) is 11.3 Å². The van der Waals surface area contributed by atoms with Gasteiger partial charge in [0.05, 0.1) is 6.04 Å². The van der Waals surface area contributed by atoms with E-state index in [4.69, 9.17) is 19.4 Å². The molecule has 268 valence electrons. The molecule has 2 atom stereocenters. The van der Waals surface area contributed by atoms with Gasteiger partial charge in [-0.2, -0.15) is 0 Å². The van der Waals surface area contributed by atoms with E-state index in [2.05, 4.69) is 157 Å². The highest BCUT2D eigenvalue weighted by Gasteiger charge is 2.43. The first-order valence-electron chi connectivity index (χ1n) is 19.3. The van der Waals surface area contributed by atoms with E-state index in [0.717, 1.165) is 33.4 Å². The number of anilines is 2. The summed E-state index contributed by atoms with van der Waals surface area (Å²) in [6, 6.07) is 60.1. The van der Waals surface area contributed by atoms with Crippen LogP contribution in [0.5, 0.6) is 0 Å². The smallest absolute Gasteiger partial charge is 0.164 e. The Hall–Kier alpha value is -7.15. The van der Waals surface area contributed by atoms with Crippen molar-refractivity contribution in [1.29, 1.82) is 0 Å². The lowest BCUT2D eigenvalue weighted by molar-refractivity contribution is 0.584. The van der Waals surface area contributed by atoms with Crippen LogP contribution >= 0.6 is 11.3 Å². The minimum absolute atomic E-state index is 0.0965. The lowest BCUT2D eigenvalue weighted by Gasteiger charge is -2.30. The molecule has 0 fully saturated rings. The highest BCUT2D eigenvalue weighted by molar-refractivity contribution is 7.25. The van der Waals surface area contributed by atoms with Crippen LogP contribution in [0.25, 0.3) is 82.5 Å². The second-order valence-electron chi connectivity index (χ2n) is 14.7. The van der Waals surface area contributed by atoms with Crippen molar-refractivity contribution in [2.45, 2.75) is 12.0 Å². The van der Waals surface area contributed by atoms with Crippen molar-refractivity contribution < 1.29 is 4.42 Å². The van der Waals surface area contributed by atoms with Crippen molar-refractivity contribution in [2.24, 2.45) is 0 Å². The van der Waals surface area contributed by atoms with Gasteiger partial charge in [-0.1, -0.05) is 140 Å². The van der Waals surface area contributed by atoms with Gasteiger partial charge < -0.3 is 9.32 Å². The molecule has 0 saturated carbocycles. The minimum Gasteiger partial charge on any atom is -0.456 e. The molecule has 4 heterocycles. The second kappa shape index (κ2) is 12.7. The van der Waals surface area contributed by atoms with Crippen molar-refractivity contribution in [2.75, 3.05) is 4.90 Å². The van der Waals surface area contributed by atoms with E-state index in [1.165, 1.54) is 53.8 Å². The maximum absolute atomic E-state index is 6.73. The van der Waals surface area contributed by atoms with Crippen molar-refractivity contribution in [3.63, 3.8) is 0 Å². The van der Waals surface area contributed by atoms with E-state index in [-0.39, 0.29) is 12.0 Å². The first-order chi connectivity index (χ1) is 28.2. The molecule has 1 aliphatic heterocycles. The quantitative estimate of drug-likeness (QED) is 0.175. The number of para-hydroxylation sites is 1. The van der Waals surface area contributed by atoms with Crippen molar-refractivity contribution in [3.05, 3.63) is 193 Å². The summed E-state index contributed by atoms with van der Waals surface area (Å²) in [6.45, 7) is 0. The Kier molecular flexibility index (Phi) is 7.16. The third kappa shape index (κ3) is 5.18. The zero-order valence-corrected chi connectivity index (χ0v) is 31.4. The maximum atomic E-state index is 6.73. The van der Waals surface area contributed by atoms with E-state index >= 15 is 0 Å². The molecule has 3 aromatic heterocycles. The summed E-state index contributed by atoms with van der Waals surface area (Å²) in [7, 11) is 0. The van der Waals surface area contributed by atoms with Crippen LogP contribution in [-0.2, 0) is 0 Å². The molecule has 0 saturated heterocycles. The first-order valence-corrected chi connectivity index (χ1v) is 20.1. The van der Waals surface area contributed by atoms with Crippen molar-refractivity contribution in [3.8, 4) is 45.3 Å². The van der Waals surface area contributed by atoms with E-state index in [9.17, 15) is 0 Å². The number of rotatable bonds is 5. The van der Waals surface area contributed by atoms with E-state index in [1.807, 2.05) is 30.3 Å². The van der Waals surface area contributed by atoms with E-state index in [1.54, 1.807) is 11.3 Å². The number of hydrogen-bond donors (Lipinski definition) is 0. The van der Waals surface area contributed by atoms with Crippen molar-refractivity contribution >= 4 is 59.9 Å². The van der Waals surface area contributed by atoms with E-state index in [0.29, 0.717) is 17.5 Å². The molecular weight excluding hydrogens is 717 g/mol. The Balaban J connectivity index is 0.961. The summed E-state index contributed by atoms with van der Waals surface area (Å²) >= 11 is 1.79. The number of hydrogen-bond acceptors (Lipinski definition) is 6. The molecule has 7 aromatic carbocycles. The van der Waals surface area contributed by atoms with E-state index < -0.39 is 0 Å². The number of aromatic nitrogens is 3. The molecule has 0 N–H and O–H groups in total. The molecule has 10 aromatic rings. The summed E-state index contributed by atoms with van der Waals surface area (Å²) in [5, 5.41) is 3.62. The molecule has 2 unspecified atom stereocenters. The molecule has 0 amide bonds. The molecule has 12 rings (SSSR count). The Bertz CT molecular complexity index is 3220. The van der Waals surface area contributed by atoms with Crippen LogP contribution in [-0.4, -0.2) is 21.0 Å². The fourth-order valence-corrected chi connectivity index (χ4v) is 10.0. The van der Waals surface area contributed by atoms with Gasteiger partial charge in [0.2, 0.25) is 0 Å². The van der Waals surface area contributed by atoms with Gasteiger partial charge in [0.15, 0.2) is 17.5 Å². The van der Waals surface area contributed by atoms with Crippen LogP contribution < -0.4 is 4.90 Å². The number of furan rings is 1. The Morgan fingerprint density at radius 3 is 1.96 bits per heavy atom. The van der Waals surface area contributed by atoms with Gasteiger partial charge in [-0.15, -0.1) is 11.3 Å². The normalized spacial score (nSPS) is 15.6. The van der Waals surface area contributed by atoms with Crippen LogP contribution in [0.2, 0.25) is 0 Å². The van der Waals surface area contributed by atoms with Gasteiger partial charge in [0.25, 0.3) is 0 Å². The average molecular weight is 749 g/mol. The van der Waals surface area contributed by atoms with Gasteiger partial charge in [-0.05, 0) is 59.2 Å². The summed E-state index contributed by atoms with van der Waals surface area (Å²) in [6.07, 6.45) is 4.47. The molecule has 0 spiro atoms. The lowest BCUT2D eigenvalue weighted by Crippen LogP contribution is -2.30. The van der Waals surface area contributed by atoms with Gasteiger partial charge in [-0.25, -0.2) is 15.0 Å². The SMILES string of the molecule is C1=CC2C(c3ccccc3N2c2cccc(-c3ccccc3)c2)c2c1oc1cc(-c3nc(-c4ccccc4)nc(-c4ccc5c(c4)sc4ccccc45)n3)ccc21. The highest BCUT2D eigenvalue weighted by atomic mass is 32.1. The molecule has 5 nitrogen and oxygen atoms in total. The number of nitrogens with zero attached hydrogens (tertiary/aromatic N) is 4. The summed E-state index contributed by atoms with van der Waals surface area (Å²) in [5.41, 5.74) is 10.9. The largest absolute Gasteiger partial charge is 0.456 e. The summed E-state index contributed by atoms with van der Waals surface area (Å²) in [5.74, 6) is 2.88. The average Bonchev–Trinajstić information content (AvgIpc) is 3.95. The number of benzene rings is 7. The van der Waals surface area contributed by atoms with Crippen LogP contribution in [0.4, 0.5) is 11.4 Å². The predicted octanol–water partition coefficient (Wildman–Crippen LogP) is 13.3. The lowest BCUT2D eigenvalue weighted by atomic mass is 9.82. The van der Waals surface area contributed by atoms with Gasteiger partial charge >= 0.3 is 0 Å². The zero-order chi connectivity index (χ0) is 37.5. The molecule has 2 aliphatic rings. The van der Waals surface area contributed by atoms with Crippen molar-refractivity contribution in [1.82, 2.24) is 15.0 Å². The highest BCUT2D eigenvalue weighted by Crippen LogP contribution is 2.54. The first kappa shape index (κ1) is 32.1.